The van der Waals surface area contributed by atoms with Crippen molar-refractivity contribution in [1.29, 1.82) is 0 Å². The van der Waals surface area contributed by atoms with Gasteiger partial charge in [0.1, 0.15) is 0 Å². The molecular weight excluding hydrogens is 274 g/mol. The maximum atomic E-state index is 13.3. The molecule has 1 aliphatic heterocycles. The summed E-state index contributed by atoms with van der Waals surface area (Å²) in [6, 6.07) is 9.97. The standard InChI is InChI=1S/C19H23NO2/c1-3-15-11-13-20(16-8-5-4-6-9-16)18(21)19(15)12-7-10-17(14-19)22-2/h4-10,12,15H,3,11,13-14H2,1-2H3/t15-,19-/m1/s1. The van der Waals surface area contributed by atoms with Crippen LogP contribution in [0.1, 0.15) is 26.2 Å². The summed E-state index contributed by atoms with van der Waals surface area (Å²) in [5.41, 5.74) is 0.534. The Labute approximate surface area is 132 Å². The van der Waals surface area contributed by atoms with Gasteiger partial charge in [-0.05, 0) is 30.5 Å². The first-order valence-electron chi connectivity index (χ1n) is 8.00. The van der Waals surface area contributed by atoms with E-state index in [4.69, 9.17) is 4.74 Å². The van der Waals surface area contributed by atoms with Crippen molar-refractivity contribution in [2.75, 3.05) is 18.6 Å². The van der Waals surface area contributed by atoms with Crippen LogP contribution in [-0.4, -0.2) is 19.6 Å². The first kappa shape index (κ1) is 14.9. The topological polar surface area (TPSA) is 29.5 Å². The fourth-order valence-corrected chi connectivity index (χ4v) is 3.79. The lowest BCUT2D eigenvalue weighted by molar-refractivity contribution is -0.131. The van der Waals surface area contributed by atoms with Gasteiger partial charge in [0.25, 0.3) is 0 Å². The molecule has 0 bridgehead atoms. The van der Waals surface area contributed by atoms with Crippen LogP contribution in [0.4, 0.5) is 5.69 Å². The third kappa shape index (κ3) is 2.35. The zero-order chi connectivity index (χ0) is 15.6. The number of piperidine rings is 1. The van der Waals surface area contributed by atoms with Crippen LogP contribution < -0.4 is 4.90 Å². The number of hydrogen-bond acceptors (Lipinski definition) is 2. The normalized spacial score (nSPS) is 27.9. The third-order valence-electron chi connectivity index (χ3n) is 5.04. The summed E-state index contributed by atoms with van der Waals surface area (Å²) in [6.07, 6.45) is 8.75. The molecule has 0 aromatic heterocycles. The molecule has 1 saturated heterocycles. The molecule has 22 heavy (non-hydrogen) atoms. The largest absolute Gasteiger partial charge is 0.501 e. The molecule has 2 aliphatic rings. The smallest absolute Gasteiger partial charge is 0.237 e. The first-order valence-corrected chi connectivity index (χ1v) is 8.00. The predicted octanol–water partition coefficient (Wildman–Crippen LogP) is 3.93. The highest BCUT2D eigenvalue weighted by atomic mass is 16.5. The number of benzene rings is 1. The molecule has 0 saturated carbocycles. The number of rotatable bonds is 3. The van der Waals surface area contributed by atoms with E-state index in [1.807, 2.05) is 47.4 Å². The number of hydrogen-bond donors (Lipinski definition) is 0. The Hall–Kier alpha value is -2.03. The molecule has 1 spiro atoms. The van der Waals surface area contributed by atoms with Crippen LogP contribution >= 0.6 is 0 Å². The molecule has 116 valence electrons. The monoisotopic (exact) mass is 297 g/mol. The summed E-state index contributed by atoms with van der Waals surface area (Å²) in [5.74, 6) is 1.47. The van der Waals surface area contributed by atoms with Gasteiger partial charge in [-0.1, -0.05) is 43.7 Å². The lowest BCUT2D eigenvalue weighted by Gasteiger charge is -2.46. The number of para-hydroxylation sites is 1. The van der Waals surface area contributed by atoms with E-state index in [0.29, 0.717) is 12.3 Å². The minimum atomic E-state index is -0.455. The van der Waals surface area contributed by atoms with Crippen molar-refractivity contribution in [3.05, 3.63) is 54.3 Å². The van der Waals surface area contributed by atoms with Crippen molar-refractivity contribution in [2.24, 2.45) is 11.3 Å². The average Bonchev–Trinajstić information content (AvgIpc) is 2.58. The Morgan fingerprint density at radius 3 is 2.77 bits per heavy atom. The molecule has 1 fully saturated rings. The minimum absolute atomic E-state index is 0.204. The summed E-state index contributed by atoms with van der Waals surface area (Å²) in [7, 11) is 1.68. The highest BCUT2D eigenvalue weighted by Gasteiger charge is 2.49. The molecule has 1 aromatic rings. The molecule has 0 radical (unpaired) electrons. The van der Waals surface area contributed by atoms with E-state index in [1.165, 1.54) is 0 Å². The van der Waals surface area contributed by atoms with E-state index in [2.05, 4.69) is 13.0 Å². The molecule has 2 atom stereocenters. The van der Waals surface area contributed by atoms with E-state index >= 15 is 0 Å². The number of anilines is 1. The van der Waals surface area contributed by atoms with Crippen LogP contribution in [0.15, 0.2) is 54.3 Å². The zero-order valence-corrected chi connectivity index (χ0v) is 13.3. The number of ether oxygens (including phenoxy) is 1. The lowest BCUT2D eigenvalue weighted by atomic mass is 9.65. The van der Waals surface area contributed by atoms with E-state index in [9.17, 15) is 4.79 Å². The minimum Gasteiger partial charge on any atom is -0.501 e. The fraction of sp³-hybridized carbons (Fsp3) is 0.421. The number of carbonyl (C=O) groups excluding carboxylic acids is 1. The van der Waals surface area contributed by atoms with Gasteiger partial charge < -0.3 is 9.64 Å². The third-order valence-corrected chi connectivity index (χ3v) is 5.04. The summed E-state index contributed by atoms with van der Waals surface area (Å²) in [5, 5.41) is 0. The Morgan fingerprint density at radius 2 is 2.09 bits per heavy atom. The first-order chi connectivity index (χ1) is 10.7. The molecule has 1 aromatic carbocycles. The predicted molar refractivity (Wildman–Crippen MR) is 88.5 cm³/mol. The van der Waals surface area contributed by atoms with Gasteiger partial charge in [-0.25, -0.2) is 0 Å². The molecule has 1 heterocycles. The van der Waals surface area contributed by atoms with Gasteiger partial charge in [0, 0.05) is 18.7 Å². The number of carbonyl (C=O) groups is 1. The van der Waals surface area contributed by atoms with Crippen LogP contribution in [0, 0.1) is 11.3 Å². The van der Waals surface area contributed by atoms with Gasteiger partial charge >= 0.3 is 0 Å². The lowest BCUT2D eigenvalue weighted by Crippen LogP contribution is -2.53. The van der Waals surface area contributed by atoms with Crippen LogP contribution in [0.25, 0.3) is 0 Å². The molecule has 1 amide bonds. The maximum Gasteiger partial charge on any atom is 0.237 e. The van der Waals surface area contributed by atoms with Crippen molar-refractivity contribution in [1.82, 2.24) is 0 Å². The highest BCUT2D eigenvalue weighted by Crippen LogP contribution is 2.47. The van der Waals surface area contributed by atoms with Crippen LogP contribution in [-0.2, 0) is 9.53 Å². The van der Waals surface area contributed by atoms with Gasteiger partial charge in [-0.15, -0.1) is 0 Å². The molecular formula is C19H23NO2. The Morgan fingerprint density at radius 1 is 1.32 bits per heavy atom. The molecule has 3 rings (SSSR count). The maximum absolute atomic E-state index is 13.3. The Kier molecular flexibility index (Phi) is 4.06. The van der Waals surface area contributed by atoms with Crippen molar-refractivity contribution in [3.63, 3.8) is 0 Å². The average molecular weight is 297 g/mol. The molecule has 0 N–H and O–H groups in total. The van der Waals surface area contributed by atoms with E-state index in [0.717, 1.165) is 30.8 Å². The van der Waals surface area contributed by atoms with E-state index in [1.54, 1.807) is 7.11 Å². The Bertz CT molecular complexity index is 605. The van der Waals surface area contributed by atoms with Crippen molar-refractivity contribution < 1.29 is 9.53 Å². The fourth-order valence-electron chi connectivity index (χ4n) is 3.79. The number of nitrogens with zero attached hydrogens (tertiary/aromatic N) is 1. The molecule has 1 aliphatic carbocycles. The molecule has 3 nitrogen and oxygen atoms in total. The van der Waals surface area contributed by atoms with Gasteiger partial charge in [0.2, 0.25) is 5.91 Å². The zero-order valence-electron chi connectivity index (χ0n) is 13.3. The summed E-state index contributed by atoms with van der Waals surface area (Å²) < 4.78 is 5.44. The number of allylic oxidation sites excluding steroid dienone is 3. The van der Waals surface area contributed by atoms with Crippen LogP contribution in [0.5, 0.6) is 0 Å². The molecule has 3 heteroatoms. The van der Waals surface area contributed by atoms with Gasteiger partial charge in [0.15, 0.2) is 0 Å². The van der Waals surface area contributed by atoms with E-state index < -0.39 is 5.41 Å². The SMILES string of the molecule is CC[C@@H]1CCN(c2ccccc2)C(=O)[C@@]12C=CC=C(OC)C2. The van der Waals surface area contributed by atoms with Crippen LogP contribution in [0.3, 0.4) is 0 Å². The van der Waals surface area contributed by atoms with Crippen LogP contribution in [0.2, 0.25) is 0 Å². The van der Waals surface area contributed by atoms with Gasteiger partial charge in [0.05, 0.1) is 18.3 Å². The van der Waals surface area contributed by atoms with Crippen molar-refractivity contribution >= 4 is 11.6 Å². The van der Waals surface area contributed by atoms with Gasteiger partial charge in [-0.3, -0.25) is 4.79 Å². The second-order valence-electron chi connectivity index (χ2n) is 6.10. The summed E-state index contributed by atoms with van der Waals surface area (Å²) in [4.78, 5) is 15.3. The Balaban J connectivity index is 1.97. The summed E-state index contributed by atoms with van der Waals surface area (Å²) >= 11 is 0. The summed E-state index contributed by atoms with van der Waals surface area (Å²) in [6.45, 7) is 2.97. The van der Waals surface area contributed by atoms with Crippen molar-refractivity contribution in [3.8, 4) is 0 Å². The highest BCUT2D eigenvalue weighted by molar-refractivity contribution is 6.00. The molecule has 0 unspecified atom stereocenters. The quantitative estimate of drug-likeness (QED) is 0.846. The second-order valence-corrected chi connectivity index (χ2v) is 6.10. The second kappa shape index (κ2) is 5.99. The van der Waals surface area contributed by atoms with Crippen molar-refractivity contribution in [2.45, 2.75) is 26.2 Å². The van der Waals surface area contributed by atoms with E-state index in [-0.39, 0.29) is 5.91 Å². The number of methoxy groups -OCH3 is 1. The van der Waals surface area contributed by atoms with Gasteiger partial charge in [-0.2, -0.15) is 0 Å². The number of amides is 1.